The quantitative estimate of drug-likeness (QED) is 0.0413. The van der Waals surface area contributed by atoms with Crippen molar-refractivity contribution in [1.82, 2.24) is 0 Å². The Morgan fingerprint density at radius 3 is 1.60 bits per heavy atom. The second kappa shape index (κ2) is 31.7. The van der Waals surface area contributed by atoms with Crippen LogP contribution in [0.3, 0.4) is 0 Å². The summed E-state index contributed by atoms with van der Waals surface area (Å²) in [4.78, 5) is 23.8. The molecule has 0 heterocycles. The standard InChI is InChI=1S/C38H66O7/c1-4-6-18-25-34(39)26-20-15-11-9-12-16-21-27-35(40)28-23-30-38(43)45-32-36(41)31-44-37(42)29-22-17-13-8-7-10-14-19-24-33(3)5-2/h11-12,15-16,20-21,26-27,33-36,39-41H,4-10,13-14,17-19,22-25,28-32H2,1-3H3/b15-11-,16-12-,26-20+,27-21+/t33?,34-,35-,36-/m0/s1. The molecule has 0 amide bonds. The Hall–Kier alpha value is -2.22. The lowest BCUT2D eigenvalue weighted by molar-refractivity contribution is -0.152. The molecule has 0 fully saturated rings. The predicted octanol–water partition coefficient (Wildman–Crippen LogP) is 8.47. The topological polar surface area (TPSA) is 113 Å². The van der Waals surface area contributed by atoms with Crippen LogP contribution in [0.1, 0.15) is 143 Å². The molecule has 0 aliphatic carbocycles. The van der Waals surface area contributed by atoms with Crippen molar-refractivity contribution < 1.29 is 34.4 Å². The number of esters is 2. The van der Waals surface area contributed by atoms with Gasteiger partial charge in [-0.3, -0.25) is 9.59 Å². The molecule has 7 nitrogen and oxygen atoms in total. The minimum Gasteiger partial charge on any atom is -0.463 e. The van der Waals surface area contributed by atoms with E-state index < -0.39 is 18.2 Å². The minimum absolute atomic E-state index is 0.136. The summed E-state index contributed by atoms with van der Waals surface area (Å²) in [6.07, 6.45) is 30.9. The maximum Gasteiger partial charge on any atom is 0.305 e. The van der Waals surface area contributed by atoms with Crippen molar-refractivity contribution in [2.75, 3.05) is 13.2 Å². The van der Waals surface area contributed by atoms with Crippen molar-refractivity contribution in [1.29, 1.82) is 0 Å². The average Bonchev–Trinajstić information content (AvgIpc) is 3.02. The molecular formula is C38H66O7. The smallest absolute Gasteiger partial charge is 0.305 e. The van der Waals surface area contributed by atoms with Gasteiger partial charge in [-0.2, -0.15) is 0 Å². The van der Waals surface area contributed by atoms with Gasteiger partial charge in [0.1, 0.15) is 19.3 Å². The highest BCUT2D eigenvalue weighted by Crippen LogP contribution is 2.15. The van der Waals surface area contributed by atoms with Crippen LogP contribution in [0.5, 0.6) is 0 Å². The Bertz CT molecular complexity index is 817. The number of hydrogen-bond acceptors (Lipinski definition) is 7. The second-order valence-corrected chi connectivity index (χ2v) is 12.3. The first-order chi connectivity index (χ1) is 21.8. The number of aliphatic hydroxyl groups is 3. The van der Waals surface area contributed by atoms with Gasteiger partial charge in [0.25, 0.3) is 0 Å². The van der Waals surface area contributed by atoms with Crippen molar-refractivity contribution in [3.8, 4) is 0 Å². The molecular weight excluding hydrogens is 568 g/mol. The van der Waals surface area contributed by atoms with Gasteiger partial charge in [-0.05, 0) is 38.0 Å². The summed E-state index contributed by atoms with van der Waals surface area (Å²) in [7, 11) is 0. The van der Waals surface area contributed by atoms with Gasteiger partial charge in [-0.25, -0.2) is 0 Å². The first-order valence-corrected chi connectivity index (χ1v) is 17.8. The fourth-order valence-electron chi connectivity index (χ4n) is 4.63. The highest BCUT2D eigenvalue weighted by Gasteiger charge is 2.12. The molecule has 260 valence electrons. The van der Waals surface area contributed by atoms with Crippen LogP contribution in [0.4, 0.5) is 0 Å². The van der Waals surface area contributed by atoms with E-state index in [9.17, 15) is 24.9 Å². The zero-order chi connectivity index (χ0) is 33.4. The third-order valence-corrected chi connectivity index (χ3v) is 7.82. The molecule has 0 aliphatic heterocycles. The van der Waals surface area contributed by atoms with Crippen molar-refractivity contribution in [2.45, 2.75) is 161 Å². The number of hydrogen-bond donors (Lipinski definition) is 3. The summed E-state index contributed by atoms with van der Waals surface area (Å²) < 4.78 is 10.2. The fourth-order valence-corrected chi connectivity index (χ4v) is 4.63. The van der Waals surface area contributed by atoms with E-state index in [-0.39, 0.29) is 31.7 Å². The van der Waals surface area contributed by atoms with E-state index in [2.05, 4.69) is 20.8 Å². The normalized spacial score (nSPS) is 14.9. The minimum atomic E-state index is -1.05. The molecule has 4 atom stereocenters. The highest BCUT2D eigenvalue weighted by molar-refractivity contribution is 5.69. The van der Waals surface area contributed by atoms with Gasteiger partial charge in [0.15, 0.2) is 0 Å². The summed E-state index contributed by atoms with van der Waals surface area (Å²) in [6.45, 7) is 6.31. The molecule has 3 N–H and O–H groups in total. The fraction of sp³-hybridized carbons (Fsp3) is 0.737. The molecule has 0 saturated heterocycles. The highest BCUT2D eigenvalue weighted by atomic mass is 16.6. The van der Waals surface area contributed by atoms with Crippen LogP contribution < -0.4 is 0 Å². The van der Waals surface area contributed by atoms with Crippen molar-refractivity contribution in [3.63, 3.8) is 0 Å². The van der Waals surface area contributed by atoms with Gasteiger partial charge in [0.05, 0.1) is 12.2 Å². The van der Waals surface area contributed by atoms with Gasteiger partial charge in [-0.15, -0.1) is 0 Å². The molecule has 0 aliphatic rings. The van der Waals surface area contributed by atoms with E-state index in [0.717, 1.165) is 57.3 Å². The van der Waals surface area contributed by atoms with Crippen molar-refractivity contribution in [2.24, 2.45) is 5.92 Å². The number of ether oxygens (including phenoxy) is 2. The number of carbonyl (C=O) groups is 2. The molecule has 0 rings (SSSR count). The molecule has 1 unspecified atom stereocenters. The molecule has 0 aromatic rings. The number of aliphatic hydroxyl groups excluding tert-OH is 3. The van der Waals surface area contributed by atoms with Crippen molar-refractivity contribution >= 4 is 11.9 Å². The van der Waals surface area contributed by atoms with Gasteiger partial charge < -0.3 is 24.8 Å². The molecule has 0 aromatic heterocycles. The third-order valence-electron chi connectivity index (χ3n) is 7.82. The molecule has 0 saturated carbocycles. The van der Waals surface area contributed by atoms with E-state index in [4.69, 9.17) is 9.47 Å². The Labute approximate surface area is 274 Å². The summed E-state index contributed by atoms with van der Waals surface area (Å²) >= 11 is 0. The predicted molar refractivity (Wildman–Crippen MR) is 185 cm³/mol. The zero-order valence-electron chi connectivity index (χ0n) is 28.8. The van der Waals surface area contributed by atoms with Gasteiger partial charge in [0.2, 0.25) is 0 Å². The first kappa shape index (κ1) is 42.8. The summed E-state index contributed by atoms with van der Waals surface area (Å²) in [6, 6.07) is 0. The average molecular weight is 635 g/mol. The Morgan fingerprint density at radius 2 is 1.07 bits per heavy atom. The molecule has 0 radical (unpaired) electrons. The van der Waals surface area contributed by atoms with Crippen LogP contribution in [-0.2, 0) is 19.1 Å². The first-order valence-electron chi connectivity index (χ1n) is 17.8. The molecule has 0 bridgehead atoms. The third kappa shape index (κ3) is 31.5. The van der Waals surface area contributed by atoms with Crippen LogP contribution in [0.25, 0.3) is 0 Å². The van der Waals surface area contributed by atoms with E-state index in [1.807, 2.05) is 36.5 Å². The van der Waals surface area contributed by atoms with Crippen molar-refractivity contribution in [3.05, 3.63) is 48.6 Å². The van der Waals surface area contributed by atoms with Gasteiger partial charge in [0, 0.05) is 12.8 Å². The molecule has 45 heavy (non-hydrogen) atoms. The second-order valence-electron chi connectivity index (χ2n) is 12.3. The Kier molecular flexibility index (Phi) is 30.2. The van der Waals surface area contributed by atoms with E-state index in [0.29, 0.717) is 19.3 Å². The van der Waals surface area contributed by atoms with Crippen LogP contribution in [0, 0.1) is 5.92 Å². The monoisotopic (exact) mass is 634 g/mol. The SMILES string of the molecule is CCCCC[C@H](O)/C=C/C=C\C/C=C\C=C\[C@H](O)CCCC(=O)OC[C@@H](O)COC(=O)CCCCCCCCCCC(C)CC. The molecule has 7 heteroatoms. The Morgan fingerprint density at radius 1 is 0.600 bits per heavy atom. The molecule has 0 spiro atoms. The number of unbranched alkanes of at least 4 members (excludes halogenated alkanes) is 9. The lowest BCUT2D eigenvalue weighted by Gasteiger charge is -2.12. The number of allylic oxidation sites excluding steroid dienone is 6. The lowest BCUT2D eigenvalue weighted by atomic mass is 9.99. The van der Waals surface area contributed by atoms with E-state index in [1.165, 1.54) is 44.9 Å². The zero-order valence-corrected chi connectivity index (χ0v) is 28.8. The maximum atomic E-state index is 11.9. The summed E-state index contributed by atoms with van der Waals surface area (Å²) in [5.74, 6) is 0.0518. The lowest BCUT2D eigenvalue weighted by Crippen LogP contribution is -2.25. The molecule has 0 aromatic carbocycles. The number of rotatable bonds is 30. The summed E-state index contributed by atoms with van der Waals surface area (Å²) in [5.41, 5.74) is 0. The van der Waals surface area contributed by atoms with Crippen LogP contribution in [-0.4, -0.2) is 58.8 Å². The summed E-state index contributed by atoms with van der Waals surface area (Å²) in [5, 5.41) is 29.9. The van der Waals surface area contributed by atoms with Gasteiger partial charge in [-0.1, -0.05) is 146 Å². The van der Waals surface area contributed by atoms with E-state index in [1.54, 1.807) is 12.2 Å². The van der Waals surface area contributed by atoms with Crippen LogP contribution in [0.15, 0.2) is 48.6 Å². The van der Waals surface area contributed by atoms with Gasteiger partial charge >= 0.3 is 11.9 Å². The van der Waals surface area contributed by atoms with Crippen LogP contribution in [0.2, 0.25) is 0 Å². The largest absolute Gasteiger partial charge is 0.463 e. The number of carbonyl (C=O) groups excluding carboxylic acids is 2. The van der Waals surface area contributed by atoms with E-state index >= 15 is 0 Å². The maximum absolute atomic E-state index is 11.9. The Balaban J connectivity index is 3.75. The van der Waals surface area contributed by atoms with Crippen LogP contribution >= 0.6 is 0 Å².